The Morgan fingerprint density at radius 3 is 2.86 bits per heavy atom. The van der Waals surface area contributed by atoms with E-state index in [9.17, 15) is 0 Å². The Hall–Kier alpha value is -0.0800. The SMILES string of the molecule is CCCCCCC1OCCCC1CN. The van der Waals surface area contributed by atoms with Gasteiger partial charge >= 0.3 is 0 Å². The third-order valence-corrected chi connectivity index (χ3v) is 3.22. The molecule has 84 valence electrons. The molecule has 1 aliphatic rings. The van der Waals surface area contributed by atoms with Crippen LogP contribution in [0.3, 0.4) is 0 Å². The Morgan fingerprint density at radius 1 is 1.29 bits per heavy atom. The highest BCUT2D eigenvalue weighted by Gasteiger charge is 2.23. The Labute approximate surface area is 88.2 Å². The van der Waals surface area contributed by atoms with E-state index in [1.807, 2.05) is 0 Å². The zero-order valence-electron chi connectivity index (χ0n) is 9.50. The van der Waals surface area contributed by atoms with Crippen LogP contribution in [-0.2, 0) is 4.74 Å². The average molecular weight is 199 g/mol. The van der Waals surface area contributed by atoms with Crippen molar-refractivity contribution in [3.8, 4) is 0 Å². The van der Waals surface area contributed by atoms with Crippen molar-refractivity contribution in [2.24, 2.45) is 11.7 Å². The summed E-state index contributed by atoms with van der Waals surface area (Å²) in [7, 11) is 0. The van der Waals surface area contributed by atoms with Crippen molar-refractivity contribution < 1.29 is 4.74 Å². The number of ether oxygens (including phenoxy) is 1. The monoisotopic (exact) mass is 199 g/mol. The predicted molar refractivity (Wildman–Crippen MR) is 60.3 cm³/mol. The Morgan fingerprint density at radius 2 is 2.14 bits per heavy atom. The second-order valence-electron chi connectivity index (χ2n) is 4.40. The summed E-state index contributed by atoms with van der Waals surface area (Å²) in [4.78, 5) is 0. The van der Waals surface area contributed by atoms with Crippen LogP contribution in [0, 0.1) is 5.92 Å². The van der Waals surface area contributed by atoms with Crippen molar-refractivity contribution in [3.63, 3.8) is 0 Å². The quantitative estimate of drug-likeness (QED) is 0.668. The van der Waals surface area contributed by atoms with Crippen LogP contribution < -0.4 is 5.73 Å². The van der Waals surface area contributed by atoms with Crippen molar-refractivity contribution in [2.45, 2.75) is 58.0 Å². The molecule has 14 heavy (non-hydrogen) atoms. The third kappa shape index (κ3) is 3.97. The molecule has 0 spiro atoms. The molecule has 0 aromatic heterocycles. The van der Waals surface area contributed by atoms with Gasteiger partial charge in [0.15, 0.2) is 0 Å². The maximum atomic E-state index is 5.78. The molecule has 0 saturated carbocycles. The minimum Gasteiger partial charge on any atom is -0.378 e. The Balaban J connectivity index is 2.13. The van der Waals surface area contributed by atoms with Gasteiger partial charge in [-0.15, -0.1) is 0 Å². The Kier molecular flexibility index (Phi) is 6.20. The highest BCUT2D eigenvalue weighted by molar-refractivity contribution is 4.75. The number of unbranched alkanes of at least 4 members (excludes halogenated alkanes) is 3. The molecule has 1 rings (SSSR count). The lowest BCUT2D eigenvalue weighted by Crippen LogP contribution is -2.34. The van der Waals surface area contributed by atoms with Crippen LogP contribution in [0.1, 0.15) is 51.9 Å². The van der Waals surface area contributed by atoms with Gasteiger partial charge in [0.05, 0.1) is 6.10 Å². The van der Waals surface area contributed by atoms with Gasteiger partial charge in [0.25, 0.3) is 0 Å². The smallest absolute Gasteiger partial charge is 0.0615 e. The summed E-state index contributed by atoms with van der Waals surface area (Å²) in [6, 6.07) is 0. The molecule has 0 amide bonds. The van der Waals surface area contributed by atoms with Crippen LogP contribution in [0.5, 0.6) is 0 Å². The van der Waals surface area contributed by atoms with Crippen molar-refractivity contribution >= 4 is 0 Å². The van der Waals surface area contributed by atoms with E-state index in [-0.39, 0.29) is 0 Å². The van der Waals surface area contributed by atoms with Crippen LogP contribution in [0.25, 0.3) is 0 Å². The third-order valence-electron chi connectivity index (χ3n) is 3.22. The topological polar surface area (TPSA) is 35.2 Å². The first kappa shape index (κ1) is 12.0. The molecule has 2 heteroatoms. The fourth-order valence-corrected chi connectivity index (χ4v) is 2.26. The number of rotatable bonds is 6. The lowest BCUT2D eigenvalue weighted by atomic mass is 9.91. The number of hydrogen-bond donors (Lipinski definition) is 1. The molecule has 2 atom stereocenters. The van der Waals surface area contributed by atoms with Crippen molar-refractivity contribution in [1.29, 1.82) is 0 Å². The highest BCUT2D eigenvalue weighted by atomic mass is 16.5. The zero-order valence-corrected chi connectivity index (χ0v) is 9.50. The largest absolute Gasteiger partial charge is 0.378 e. The molecule has 1 fully saturated rings. The minimum absolute atomic E-state index is 0.464. The minimum atomic E-state index is 0.464. The first-order chi connectivity index (χ1) is 6.88. The van der Waals surface area contributed by atoms with Gasteiger partial charge in [-0.1, -0.05) is 32.6 Å². The van der Waals surface area contributed by atoms with E-state index in [4.69, 9.17) is 10.5 Å². The molecule has 0 radical (unpaired) electrons. The Bertz CT molecular complexity index is 138. The van der Waals surface area contributed by atoms with Crippen LogP contribution in [-0.4, -0.2) is 19.3 Å². The standard InChI is InChI=1S/C12H25NO/c1-2-3-4-5-8-12-11(10-13)7-6-9-14-12/h11-12H,2-10,13H2,1H3. The summed E-state index contributed by atoms with van der Waals surface area (Å²) in [6.07, 6.45) is 9.50. The summed E-state index contributed by atoms with van der Waals surface area (Å²) in [5.41, 5.74) is 5.74. The first-order valence-electron chi connectivity index (χ1n) is 6.20. The number of hydrogen-bond acceptors (Lipinski definition) is 2. The molecule has 1 aliphatic heterocycles. The van der Waals surface area contributed by atoms with Gasteiger partial charge in [-0.3, -0.25) is 0 Å². The normalized spacial score (nSPS) is 27.9. The first-order valence-corrected chi connectivity index (χ1v) is 6.20. The van der Waals surface area contributed by atoms with E-state index < -0.39 is 0 Å². The summed E-state index contributed by atoms with van der Waals surface area (Å²) in [5, 5.41) is 0. The summed E-state index contributed by atoms with van der Waals surface area (Å²) in [6.45, 7) is 4.01. The van der Waals surface area contributed by atoms with Gasteiger partial charge in [-0.25, -0.2) is 0 Å². The van der Waals surface area contributed by atoms with E-state index in [0.717, 1.165) is 13.2 Å². The molecule has 0 aromatic rings. The molecule has 0 bridgehead atoms. The summed E-state index contributed by atoms with van der Waals surface area (Å²) < 4.78 is 5.78. The van der Waals surface area contributed by atoms with E-state index in [1.165, 1.54) is 44.9 Å². The van der Waals surface area contributed by atoms with Gasteiger partial charge in [0.2, 0.25) is 0 Å². The van der Waals surface area contributed by atoms with E-state index in [2.05, 4.69) is 6.92 Å². The number of nitrogens with two attached hydrogens (primary N) is 1. The van der Waals surface area contributed by atoms with E-state index in [0.29, 0.717) is 12.0 Å². The van der Waals surface area contributed by atoms with Gasteiger partial charge in [0, 0.05) is 6.61 Å². The van der Waals surface area contributed by atoms with Gasteiger partial charge in [-0.05, 0) is 31.7 Å². The second-order valence-corrected chi connectivity index (χ2v) is 4.40. The average Bonchev–Trinajstić information content (AvgIpc) is 2.25. The molecule has 2 nitrogen and oxygen atoms in total. The van der Waals surface area contributed by atoms with Crippen LogP contribution in [0.15, 0.2) is 0 Å². The van der Waals surface area contributed by atoms with Crippen LogP contribution in [0.2, 0.25) is 0 Å². The van der Waals surface area contributed by atoms with E-state index >= 15 is 0 Å². The van der Waals surface area contributed by atoms with Crippen LogP contribution in [0.4, 0.5) is 0 Å². The highest BCUT2D eigenvalue weighted by Crippen LogP contribution is 2.24. The fraction of sp³-hybridized carbons (Fsp3) is 1.00. The lowest BCUT2D eigenvalue weighted by Gasteiger charge is -2.30. The van der Waals surface area contributed by atoms with E-state index in [1.54, 1.807) is 0 Å². The lowest BCUT2D eigenvalue weighted by molar-refractivity contribution is -0.0288. The summed E-state index contributed by atoms with van der Waals surface area (Å²) in [5.74, 6) is 0.630. The molecule has 2 unspecified atom stereocenters. The predicted octanol–water partition coefficient (Wildman–Crippen LogP) is 2.71. The van der Waals surface area contributed by atoms with Crippen molar-refractivity contribution in [1.82, 2.24) is 0 Å². The molecular weight excluding hydrogens is 174 g/mol. The molecule has 0 aromatic carbocycles. The maximum Gasteiger partial charge on any atom is 0.0615 e. The molecule has 0 aliphatic carbocycles. The van der Waals surface area contributed by atoms with Gasteiger partial charge < -0.3 is 10.5 Å². The van der Waals surface area contributed by atoms with Crippen molar-refractivity contribution in [2.75, 3.05) is 13.2 Å². The van der Waals surface area contributed by atoms with Gasteiger partial charge in [0.1, 0.15) is 0 Å². The van der Waals surface area contributed by atoms with Gasteiger partial charge in [-0.2, -0.15) is 0 Å². The molecular formula is C12H25NO. The van der Waals surface area contributed by atoms with Crippen LogP contribution >= 0.6 is 0 Å². The maximum absolute atomic E-state index is 5.78. The van der Waals surface area contributed by atoms with Crippen molar-refractivity contribution in [3.05, 3.63) is 0 Å². The summed E-state index contributed by atoms with van der Waals surface area (Å²) >= 11 is 0. The molecule has 2 N–H and O–H groups in total. The molecule has 1 saturated heterocycles. The zero-order chi connectivity index (χ0) is 10.2. The fourth-order valence-electron chi connectivity index (χ4n) is 2.26. The molecule has 1 heterocycles. The second kappa shape index (κ2) is 7.24.